The SMILES string of the molecule is CCn1c(=O)/c(=C\Nc2cccc(NC(=O)COCCOC)c2)s/c1=C(/C#N)C(=O)N[C@H]1CCC[C@@H]1O. The zero-order valence-corrected chi connectivity index (χ0v) is 21.6. The summed E-state index contributed by atoms with van der Waals surface area (Å²) in [6.45, 7) is 2.64. The van der Waals surface area contributed by atoms with Crippen LogP contribution in [-0.4, -0.2) is 60.6 Å². The number of carbonyl (C=O) groups excluding carboxylic acids is 2. The average Bonchev–Trinajstić information content (AvgIpc) is 3.43. The molecule has 37 heavy (non-hydrogen) atoms. The molecule has 1 aliphatic rings. The number of amides is 2. The average molecular weight is 530 g/mol. The number of nitriles is 1. The molecule has 1 aromatic heterocycles. The third kappa shape index (κ3) is 7.50. The van der Waals surface area contributed by atoms with Crippen molar-refractivity contribution in [1.82, 2.24) is 9.88 Å². The van der Waals surface area contributed by atoms with E-state index in [1.54, 1.807) is 38.3 Å². The predicted molar refractivity (Wildman–Crippen MR) is 140 cm³/mol. The van der Waals surface area contributed by atoms with Crippen molar-refractivity contribution in [2.24, 2.45) is 0 Å². The van der Waals surface area contributed by atoms with E-state index in [1.807, 2.05) is 6.07 Å². The Morgan fingerprint density at radius 3 is 2.76 bits per heavy atom. The van der Waals surface area contributed by atoms with Gasteiger partial charge in [-0.25, -0.2) is 0 Å². The van der Waals surface area contributed by atoms with E-state index >= 15 is 0 Å². The highest BCUT2D eigenvalue weighted by Gasteiger charge is 2.28. The smallest absolute Gasteiger partial charge is 0.270 e. The molecule has 0 aliphatic heterocycles. The van der Waals surface area contributed by atoms with Crippen LogP contribution in [0.25, 0.3) is 11.8 Å². The van der Waals surface area contributed by atoms with E-state index in [0.29, 0.717) is 42.0 Å². The molecular weight excluding hydrogens is 498 g/mol. The van der Waals surface area contributed by atoms with Gasteiger partial charge in [0.25, 0.3) is 11.5 Å². The maximum absolute atomic E-state index is 13.0. The molecule has 1 saturated carbocycles. The van der Waals surface area contributed by atoms with Gasteiger partial charge in [-0.15, -0.1) is 11.3 Å². The number of nitrogens with zero attached hydrogens (tertiary/aromatic N) is 2. The van der Waals surface area contributed by atoms with Crippen LogP contribution in [-0.2, 0) is 25.6 Å². The lowest BCUT2D eigenvalue weighted by atomic mass is 10.2. The van der Waals surface area contributed by atoms with Crippen LogP contribution in [0.3, 0.4) is 0 Å². The Morgan fingerprint density at radius 1 is 1.30 bits per heavy atom. The van der Waals surface area contributed by atoms with Crippen LogP contribution in [0.15, 0.2) is 29.1 Å². The maximum atomic E-state index is 13.0. The quantitative estimate of drug-likeness (QED) is 0.299. The van der Waals surface area contributed by atoms with Gasteiger partial charge < -0.3 is 30.5 Å². The van der Waals surface area contributed by atoms with Gasteiger partial charge in [0.2, 0.25) is 5.91 Å². The first kappa shape index (κ1) is 28.1. The summed E-state index contributed by atoms with van der Waals surface area (Å²) < 4.78 is 12.0. The number of thiazole rings is 1. The van der Waals surface area contributed by atoms with E-state index in [9.17, 15) is 24.8 Å². The van der Waals surface area contributed by atoms with E-state index in [2.05, 4.69) is 16.0 Å². The van der Waals surface area contributed by atoms with Crippen LogP contribution in [0.1, 0.15) is 26.2 Å². The van der Waals surface area contributed by atoms with Gasteiger partial charge in [0.1, 0.15) is 21.9 Å². The van der Waals surface area contributed by atoms with Crippen molar-refractivity contribution >= 4 is 46.3 Å². The van der Waals surface area contributed by atoms with Gasteiger partial charge in [0.05, 0.1) is 25.4 Å². The maximum Gasteiger partial charge on any atom is 0.270 e. The summed E-state index contributed by atoms with van der Waals surface area (Å²) in [4.78, 5) is 37.8. The summed E-state index contributed by atoms with van der Waals surface area (Å²) in [5, 5.41) is 28.2. The number of aromatic nitrogens is 1. The largest absolute Gasteiger partial charge is 0.391 e. The fourth-order valence-corrected chi connectivity index (χ4v) is 4.96. The highest BCUT2D eigenvalue weighted by atomic mass is 32.1. The Bertz CT molecular complexity index is 1330. The van der Waals surface area contributed by atoms with Crippen molar-refractivity contribution in [1.29, 1.82) is 5.26 Å². The van der Waals surface area contributed by atoms with Crippen LogP contribution in [0.5, 0.6) is 0 Å². The fraction of sp³-hybridized carbons (Fsp3) is 0.440. The number of ether oxygens (including phenoxy) is 2. The first-order valence-corrected chi connectivity index (χ1v) is 12.8. The molecular formula is C25H31N5O6S. The number of hydrogen-bond donors (Lipinski definition) is 4. The lowest BCUT2D eigenvalue weighted by Crippen LogP contribution is -2.42. The normalized spacial score (nSPS) is 18.3. The Kier molecular flexibility index (Phi) is 10.4. The highest BCUT2D eigenvalue weighted by Crippen LogP contribution is 2.19. The monoisotopic (exact) mass is 529 g/mol. The highest BCUT2D eigenvalue weighted by molar-refractivity contribution is 7.07. The zero-order valence-electron chi connectivity index (χ0n) is 20.8. The molecule has 0 spiro atoms. The number of benzene rings is 1. The second kappa shape index (κ2) is 13.7. The molecule has 1 fully saturated rings. The molecule has 0 saturated heterocycles. The summed E-state index contributed by atoms with van der Waals surface area (Å²) in [5.74, 6) is -0.917. The Hall–Kier alpha value is -3.50. The molecule has 4 N–H and O–H groups in total. The molecule has 11 nitrogen and oxygen atoms in total. The first-order chi connectivity index (χ1) is 17.9. The summed E-state index contributed by atoms with van der Waals surface area (Å²) in [6, 6.07) is 8.44. The first-order valence-electron chi connectivity index (χ1n) is 11.9. The number of aliphatic hydroxyl groups excluding tert-OH is 1. The molecule has 1 aliphatic carbocycles. The topological polar surface area (TPSA) is 155 Å². The van der Waals surface area contributed by atoms with Gasteiger partial charge in [0, 0.05) is 31.2 Å². The molecule has 2 aromatic rings. The summed E-state index contributed by atoms with van der Waals surface area (Å²) in [6.07, 6.45) is 2.90. The zero-order chi connectivity index (χ0) is 26.8. The van der Waals surface area contributed by atoms with Crippen molar-refractivity contribution in [3.63, 3.8) is 0 Å². The Morgan fingerprint density at radius 2 is 2.08 bits per heavy atom. The number of anilines is 2. The summed E-state index contributed by atoms with van der Waals surface area (Å²) >= 11 is 1.03. The van der Waals surface area contributed by atoms with Crippen molar-refractivity contribution in [3.8, 4) is 6.07 Å². The Labute approximate surface area is 218 Å². The van der Waals surface area contributed by atoms with Gasteiger partial charge in [-0.05, 0) is 44.4 Å². The molecule has 2 atom stereocenters. The van der Waals surface area contributed by atoms with Crippen LogP contribution < -0.4 is 30.7 Å². The van der Waals surface area contributed by atoms with E-state index in [-0.39, 0.29) is 34.9 Å². The van der Waals surface area contributed by atoms with Crippen LogP contribution in [0, 0.1) is 11.3 Å². The van der Waals surface area contributed by atoms with Gasteiger partial charge in [-0.2, -0.15) is 5.26 Å². The third-order valence-electron chi connectivity index (χ3n) is 5.75. The molecule has 0 unspecified atom stereocenters. The minimum Gasteiger partial charge on any atom is -0.391 e. The van der Waals surface area contributed by atoms with Crippen molar-refractivity contribution in [2.45, 2.75) is 44.9 Å². The second-order valence-corrected chi connectivity index (χ2v) is 9.38. The van der Waals surface area contributed by atoms with Gasteiger partial charge >= 0.3 is 0 Å². The third-order valence-corrected chi connectivity index (χ3v) is 6.88. The molecule has 0 bridgehead atoms. The minimum absolute atomic E-state index is 0.104. The van der Waals surface area contributed by atoms with E-state index < -0.39 is 18.1 Å². The van der Waals surface area contributed by atoms with E-state index in [4.69, 9.17) is 9.47 Å². The van der Waals surface area contributed by atoms with Gasteiger partial charge in [-0.1, -0.05) is 6.07 Å². The predicted octanol–water partition coefficient (Wildman–Crippen LogP) is 0.0852. The van der Waals surface area contributed by atoms with Gasteiger partial charge in [-0.3, -0.25) is 19.0 Å². The lowest BCUT2D eigenvalue weighted by Gasteiger charge is -2.15. The summed E-state index contributed by atoms with van der Waals surface area (Å²) in [5.41, 5.74) is 0.657. The Balaban J connectivity index is 1.80. The molecule has 1 heterocycles. The molecule has 198 valence electrons. The molecule has 2 amide bonds. The minimum atomic E-state index is -0.641. The van der Waals surface area contributed by atoms with Crippen molar-refractivity contribution < 1.29 is 24.2 Å². The number of hydrogen-bond acceptors (Lipinski definition) is 9. The molecule has 12 heteroatoms. The van der Waals surface area contributed by atoms with Crippen LogP contribution in [0.2, 0.25) is 0 Å². The fourth-order valence-electron chi connectivity index (χ4n) is 3.88. The van der Waals surface area contributed by atoms with Gasteiger partial charge in [0.15, 0.2) is 5.57 Å². The number of carbonyl (C=O) groups is 2. The van der Waals surface area contributed by atoms with Crippen molar-refractivity contribution in [2.75, 3.05) is 37.6 Å². The second-order valence-electron chi connectivity index (χ2n) is 8.35. The lowest BCUT2D eigenvalue weighted by molar-refractivity contribution is -0.121. The van der Waals surface area contributed by atoms with Crippen LogP contribution >= 0.6 is 11.3 Å². The van der Waals surface area contributed by atoms with Crippen LogP contribution in [0.4, 0.5) is 11.4 Å². The van der Waals surface area contributed by atoms with E-state index in [0.717, 1.165) is 17.8 Å². The number of nitrogens with one attached hydrogen (secondary N) is 3. The number of aliphatic hydroxyl groups is 1. The standard InChI is InChI=1S/C25H31N5O6S/c1-3-30-24(34)21(37-25(30)18(13-26)23(33)29-19-8-5-9-20(19)31)14-27-16-6-4-7-17(12-16)28-22(32)15-36-11-10-35-2/h4,6-7,12,14,19-20,27,31H,3,5,8-11,15H2,1-2H3,(H,28,32)(H,29,33)/b21-14+,25-18-/t19-,20-/m0/s1. The molecule has 0 radical (unpaired) electrons. The van der Waals surface area contributed by atoms with E-state index in [1.165, 1.54) is 10.8 Å². The summed E-state index contributed by atoms with van der Waals surface area (Å²) in [7, 11) is 1.55. The number of rotatable bonds is 11. The molecule has 1 aromatic carbocycles. The number of methoxy groups -OCH3 is 1. The van der Waals surface area contributed by atoms with Crippen molar-refractivity contribution in [3.05, 3.63) is 43.8 Å². The molecule has 3 rings (SSSR count).